The summed E-state index contributed by atoms with van der Waals surface area (Å²) in [5.41, 5.74) is 0. The van der Waals surface area contributed by atoms with Gasteiger partial charge in [-0.2, -0.15) is 23.5 Å². The average molecular weight is 490 g/mol. The van der Waals surface area contributed by atoms with E-state index in [9.17, 15) is 0 Å². The Balaban J connectivity index is -0.0000000106. The van der Waals surface area contributed by atoms with Gasteiger partial charge in [-0.25, -0.2) is 0 Å². The van der Waals surface area contributed by atoms with Crippen LogP contribution in [0.15, 0.2) is 0 Å². The third kappa shape index (κ3) is 1070. The molecule has 130 valence electrons. The molecule has 0 saturated carbocycles. The van der Waals surface area contributed by atoms with Gasteiger partial charge in [-0.3, -0.25) is 0 Å². The van der Waals surface area contributed by atoms with Crippen LogP contribution in [0.2, 0.25) is 0 Å². The summed E-state index contributed by atoms with van der Waals surface area (Å²) >= 11 is 0. The van der Waals surface area contributed by atoms with Crippen molar-refractivity contribution in [1.29, 1.82) is 0 Å². The molecule has 0 aromatic carbocycles. The number of hydrogen-bond acceptors (Lipinski definition) is 12. The van der Waals surface area contributed by atoms with E-state index in [4.69, 9.17) is 57.7 Å². The van der Waals surface area contributed by atoms with E-state index in [1.54, 1.807) is 0 Å². The van der Waals surface area contributed by atoms with Crippen LogP contribution in [0.5, 0.6) is 0 Å². The van der Waals surface area contributed by atoms with Crippen molar-refractivity contribution < 1.29 is 168 Å². The van der Waals surface area contributed by atoms with E-state index >= 15 is 0 Å². The number of phosphoric acid groups is 3. The average Bonchev–Trinajstić information content (AvgIpc) is 1.41. The maximum absolute atomic E-state index is 8.55. The van der Waals surface area contributed by atoms with Crippen LogP contribution in [0.3, 0.4) is 0 Å². The van der Waals surface area contributed by atoms with Gasteiger partial charge in [0.15, 0.2) is 0 Å². The summed E-state index contributed by atoms with van der Waals surface area (Å²) < 4.78 is 25.6. The largest absolute Gasteiger partial charge is 1.00 e. The number of hydrogen-bond donors (Lipinski definition) is 0. The SMILES string of the molecule is O=P([O-])([O-])[O-].O=P([O-])([O-])[O-].O=P([O-])([O-])[O-].[F-].[F-].[F-].[Na+].[Na+].[V].[V]. The minimum Gasteiger partial charge on any atom is -1.00 e. The van der Waals surface area contributed by atoms with Crippen molar-refractivity contribution in [3.63, 3.8) is 0 Å². The molecule has 22 heavy (non-hydrogen) atoms. The second kappa shape index (κ2) is 29.1. The molecule has 0 rings (SSSR count). The van der Waals surface area contributed by atoms with Gasteiger partial charge in [-0.1, -0.05) is 0 Å². The van der Waals surface area contributed by atoms with Gasteiger partial charge in [0.05, 0.1) is 0 Å². The van der Waals surface area contributed by atoms with Crippen LogP contribution < -0.4 is 117 Å². The topological polar surface area (TPSA) is 259 Å². The molecular weight excluding hydrogens is 490 g/mol. The molecule has 0 saturated heterocycles. The zero-order chi connectivity index (χ0) is 13.5. The van der Waals surface area contributed by atoms with Crippen molar-refractivity contribution in [2.24, 2.45) is 0 Å². The van der Waals surface area contributed by atoms with Crippen molar-refractivity contribution in [2.45, 2.75) is 0 Å². The maximum Gasteiger partial charge on any atom is 1.00 e. The molecule has 0 spiro atoms. The fourth-order valence-corrected chi connectivity index (χ4v) is 0. The van der Waals surface area contributed by atoms with Crippen LogP contribution in [-0.2, 0) is 50.8 Å². The van der Waals surface area contributed by atoms with E-state index in [-0.39, 0.29) is 110 Å². The van der Waals surface area contributed by atoms with Crippen molar-refractivity contribution >= 4 is 23.5 Å². The predicted octanol–water partition coefficient (Wildman–Crippen LogP) is -23.5. The summed E-state index contributed by atoms with van der Waals surface area (Å²) in [6.45, 7) is 0. The first-order valence-electron chi connectivity index (χ1n) is 2.19. The van der Waals surface area contributed by atoms with Crippen molar-refractivity contribution in [1.82, 2.24) is 0 Å². The van der Waals surface area contributed by atoms with Gasteiger partial charge in [-0.15, -0.1) is 0 Å². The monoisotopic (exact) mass is 490 g/mol. The van der Waals surface area contributed by atoms with E-state index in [0.717, 1.165) is 0 Å². The Kier molecular flexibility index (Phi) is 84.3. The number of rotatable bonds is 0. The smallest absolute Gasteiger partial charge is 1.00 e. The second-order valence-corrected chi connectivity index (χ2v) is 4.02. The predicted molar refractivity (Wildman–Crippen MR) is 22.8 cm³/mol. The number of halogens is 3. The van der Waals surface area contributed by atoms with E-state index in [0.29, 0.717) is 0 Å². The summed E-state index contributed by atoms with van der Waals surface area (Å²) in [6.07, 6.45) is 0. The molecule has 0 aliphatic carbocycles. The van der Waals surface area contributed by atoms with E-state index in [1.165, 1.54) is 0 Å². The van der Waals surface area contributed by atoms with Gasteiger partial charge in [0.1, 0.15) is 0 Å². The van der Waals surface area contributed by atoms with E-state index in [1.807, 2.05) is 0 Å². The van der Waals surface area contributed by atoms with E-state index in [2.05, 4.69) is 0 Å². The second-order valence-electron chi connectivity index (χ2n) is 1.34. The summed E-state index contributed by atoms with van der Waals surface area (Å²) in [4.78, 5) is 76.9. The Morgan fingerprint density at radius 3 is 0.409 bits per heavy atom. The molecule has 0 atom stereocenters. The first-order chi connectivity index (χ1) is 6.00. The summed E-state index contributed by atoms with van der Waals surface area (Å²) in [5, 5.41) is 0. The van der Waals surface area contributed by atoms with Crippen molar-refractivity contribution in [3.8, 4) is 0 Å². The quantitative estimate of drug-likeness (QED) is 0.227. The standard InChI is InChI=1S/3FH.2Na.3H3O4P.2V/c;;;;;3*1-5(2,3)4;;/h3*1H;;;3*(H3,1,2,3,4);;/q;;;2*+1;;;;;/p-12. The van der Waals surface area contributed by atoms with Gasteiger partial charge in [0.2, 0.25) is 0 Å². The molecule has 0 heterocycles. The molecule has 22 heteroatoms. The van der Waals surface area contributed by atoms with Gasteiger partial charge >= 0.3 is 59.1 Å². The molecule has 12 nitrogen and oxygen atoms in total. The molecular formula is F3Na2O12P3V2-10. The summed E-state index contributed by atoms with van der Waals surface area (Å²) in [5.74, 6) is 0. The third-order valence-electron chi connectivity index (χ3n) is 0. The van der Waals surface area contributed by atoms with Crippen molar-refractivity contribution in [3.05, 3.63) is 0 Å². The van der Waals surface area contributed by atoms with Gasteiger partial charge in [-0.05, 0) is 0 Å². The molecule has 0 aliphatic heterocycles. The Hall–Kier alpha value is 3.29. The first-order valence-corrected chi connectivity index (χ1v) is 6.57. The zero-order valence-electron chi connectivity index (χ0n) is 10.3. The Morgan fingerprint density at radius 2 is 0.409 bits per heavy atom. The van der Waals surface area contributed by atoms with Gasteiger partial charge in [0, 0.05) is 37.1 Å². The fourth-order valence-electron chi connectivity index (χ4n) is 0. The molecule has 0 aliphatic rings. The van der Waals surface area contributed by atoms with Gasteiger partial charge < -0.3 is 71.8 Å². The Bertz CT molecular complexity index is 228. The minimum absolute atomic E-state index is 0. The third-order valence-corrected chi connectivity index (χ3v) is 0. The van der Waals surface area contributed by atoms with E-state index < -0.39 is 23.5 Å². The summed E-state index contributed by atoms with van der Waals surface area (Å²) in [7, 11) is -16.2. The van der Waals surface area contributed by atoms with Gasteiger partial charge in [0.25, 0.3) is 0 Å². The van der Waals surface area contributed by atoms with Crippen LogP contribution in [0, 0.1) is 0 Å². The normalized spacial score (nSPS) is 8.05. The molecule has 0 aromatic heterocycles. The maximum atomic E-state index is 8.55. The minimum atomic E-state index is -5.39. The van der Waals surface area contributed by atoms with Crippen LogP contribution >= 0.6 is 23.5 Å². The zero-order valence-corrected chi connectivity index (χ0v) is 19.7. The molecule has 0 amide bonds. The molecule has 0 fully saturated rings. The summed E-state index contributed by atoms with van der Waals surface area (Å²) in [6, 6.07) is 0. The molecule has 2 radical (unpaired) electrons. The van der Waals surface area contributed by atoms with Crippen LogP contribution in [0.1, 0.15) is 0 Å². The van der Waals surface area contributed by atoms with Crippen LogP contribution in [0.25, 0.3) is 0 Å². The fraction of sp³-hybridized carbons (Fsp3) is 0. The Labute approximate surface area is 189 Å². The van der Waals surface area contributed by atoms with Crippen LogP contribution in [0.4, 0.5) is 0 Å². The van der Waals surface area contributed by atoms with Crippen LogP contribution in [-0.4, -0.2) is 0 Å². The first kappa shape index (κ1) is 63.8. The molecule has 0 unspecified atom stereocenters. The molecule has 0 N–H and O–H groups in total. The Morgan fingerprint density at radius 1 is 0.409 bits per heavy atom. The van der Waals surface area contributed by atoms with Crippen molar-refractivity contribution in [2.75, 3.05) is 0 Å². The molecule has 0 aromatic rings. The molecule has 0 bridgehead atoms.